The highest BCUT2D eigenvalue weighted by molar-refractivity contribution is 9.10. The number of benzene rings is 1. The Hall–Kier alpha value is -0.580. The van der Waals surface area contributed by atoms with Crippen molar-refractivity contribution in [1.82, 2.24) is 5.48 Å². The number of aromatic hydroxyl groups is 1. The molecule has 0 bridgehead atoms. The van der Waals surface area contributed by atoms with E-state index in [1.165, 1.54) is 0 Å². The fourth-order valence-electron chi connectivity index (χ4n) is 1.21. The number of hydrogen-bond donors (Lipinski definition) is 3. The van der Waals surface area contributed by atoms with Gasteiger partial charge in [-0.2, -0.15) is 0 Å². The van der Waals surface area contributed by atoms with Gasteiger partial charge in [0.15, 0.2) is 0 Å². The second-order valence-electron chi connectivity index (χ2n) is 2.76. The SMILES string of the molecule is CCc1cc(Br)cc(CNO)c1O. The minimum Gasteiger partial charge on any atom is -0.507 e. The van der Waals surface area contributed by atoms with Crippen molar-refractivity contribution in [3.05, 3.63) is 27.7 Å². The first-order valence-electron chi connectivity index (χ1n) is 4.06. The molecular formula is C9H12BrNO2. The van der Waals surface area contributed by atoms with E-state index in [0.29, 0.717) is 5.56 Å². The van der Waals surface area contributed by atoms with E-state index in [2.05, 4.69) is 15.9 Å². The van der Waals surface area contributed by atoms with Crippen LogP contribution in [0, 0.1) is 0 Å². The van der Waals surface area contributed by atoms with Gasteiger partial charge < -0.3 is 10.3 Å². The maximum absolute atomic E-state index is 9.67. The van der Waals surface area contributed by atoms with Crippen LogP contribution in [0.4, 0.5) is 0 Å². The summed E-state index contributed by atoms with van der Waals surface area (Å²) >= 11 is 3.34. The summed E-state index contributed by atoms with van der Waals surface area (Å²) in [6, 6.07) is 3.65. The molecule has 0 heterocycles. The van der Waals surface area contributed by atoms with Gasteiger partial charge in [0.1, 0.15) is 5.75 Å². The number of nitrogens with one attached hydrogen (secondary N) is 1. The summed E-state index contributed by atoms with van der Waals surface area (Å²) in [6.07, 6.45) is 0.768. The first-order valence-corrected chi connectivity index (χ1v) is 4.85. The Morgan fingerprint density at radius 2 is 2.00 bits per heavy atom. The average Bonchev–Trinajstić information content (AvgIpc) is 2.11. The zero-order valence-corrected chi connectivity index (χ0v) is 8.93. The number of aryl methyl sites for hydroxylation is 1. The van der Waals surface area contributed by atoms with Crippen molar-refractivity contribution in [2.24, 2.45) is 0 Å². The summed E-state index contributed by atoms with van der Waals surface area (Å²) in [4.78, 5) is 0. The largest absolute Gasteiger partial charge is 0.507 e. The number of phenols is 1. The Labute approximate surface area is 85.5 Å². The number of rotatable bonds is 3. The molecule has 3 nitrogen and oxygen atoms in total. The van der Waals surface area contributed by atoms with Crippen LogP contribution in [0.25, 0.3) is 0 Å². The van der Waals surface area contributed by atoms with Crippen LogP contribution < -0.4 is 5.48 Å². The molecule has 0 saturated heterocycles. The zero-order chi connectivity index (χ0) is 9.84. The van der Waals surface area contributed by atoms with Crippen LogP contribution in [0.15, 0.2) is 16.6 Å². The van der Waals surface area contributed by atoms with Gasteiger partial charge in [-0.15, -0.1) is 0 Å². The molecule has 0 aromatic heterocycles. The lowest BCUT2D eigenvalue weighted by Crippen LogP contribution is -2.06. The lowest BCUT2D eigenvalue weighted by atomic mass is 10.1. The highest BCUT2D eigenvalue weighted by Crippen LogP contribution is 2.27. The highest BCUT2D eigenvalue weighted by Gasteiger charge is 2.06. The Morgan fingerprint density at radius 1 is 1.38 bits per heavy atom. The third-order valence-corrected chi connectivity index (χ3v) is 2.34. The fourth-order valence-corrected chi connectivity index (χ4v) is 1.76. The summed E-state index contributed by atoms with van der Waals surface area (Å²) in [7, 11) is 0. The topological polar surface area (TPSA) is 52.5 Å². The van der Waals surface area contributed by atoms with Crippen LogP contribution in [0.3, 0.4) is 0 Å². The molecule has 0 aliphatic carbocycles. The molecule has 0 radical (unpaired) electrons. The molecule has 1 aromatic rings. The molecule has 72 valence electrons. The van der Waals surface area contributed by atoms with Gasteiger partial charge in [-0.05, 0) is 24.1 Å². The molecule has 0 aliphatic rings. The first-order chi connectivity index (χ1) is 6.19. The quantitative estimate of drug-likeness (QED) is 0.716. The van der Waals surface area contributed by atoms with Gasteiger partial charge in [-0.3, -0.25) is 0 Å². The lowest BCUT2D eigenvalue weighted by Gasteiger charge is -2.08. The lowest BCUT2D eigenvalue weighted by molar-refractivity contribution is 0.160. The van der Waals surface area contributed by atoms with E-state index in [4.69, 9.17) is 5.21 Å². The molecule has 1 rings (SSSR count). The van der Waals surface area contributed by atoms with Gasteiger partial charge in [0, 0.05) is 16.6 Å². The maximum Gasteiger partial charge on any atom is 0.123 e. The third kappa shape index (κ3) is 2.43. The third-order valence-electron chi connectivity index (χ3n) is 1.88. The molecular weight excluding hydrogens is 234 g/mol. The summed E-state index contributed by atoms with van der Waals surface area (Å²) < 4.78 is 0.910. The molecule has 0 aliphatic heterocycles. The predicted molar refractivity (Wildman–Crippen MR) is 53.8 cm³/mol. The Balaban J connectivity index is 3.11. The molecule has 0 spiro atoms. The Kier molecular flexibility index (Phi) is 3.71. The average molecular weight is 246 g/mol. The molecule has 0 atom stereocenters. The monoisotopic (exact) mass is 245 g/mol. The minimum atomic E-state index is 0.248. The minimum absolute atomic E-state index is 0.248. The second kappa shape index (κ2) is 4.60. The summed E-state index contributed by atoms with van der Waals surface area (Å²) in [6.45, 7) is 2.22. The predicted octanol–water partition coefficient (Wildman–Crippen LogP) is 2.20. The van der Waals surface area contributed by atoms with E-state index in [0.717, 1.165) is 16.5 Å². The van der Waals surface area contributed by atoms with Crippen LogP contribution in [-0.2, 0) is 13.0 Å². The Bertz CT molecular complexity index is 302. The van der Waals surface area contributed by atoms with Gasteiger partial charge in [-0.25, -0.2) is 5.48 Å². The summed E-state index contributed by atoms with van der Waals surface area (Å²) in [5, 5.41) is 18.2. The van der Waals surface area contributed by atoms with Crippen molar-refractivity contribution in [2.75, 3.05) is 0 Å². The van der Waals surface area contributed by atoms with Crippen LogP contribution in [0.1, 0.15) is 18.1 Å². The number of halogens is 1. The van der Waals surface area contributed by atoms with Crippen molar-refractivity contribution in [2.45, 2.75) is 19.9 Å². The zero-order valence-electron chi connectivity index (χ0n) is 7.34. The molecule has 0 saturated carbocycles. The normalized spacial score (nSPS) is 10.4. The van der Waals surface area contributed by atoms with Gasteiger partial charge in [0.2, 0.25) is 0 Å². The van der Waals surface area contributed by atoms with Crippen molar-refractivity contribution in [3.63, 3.8) is 0 Å². The molecule has 0 unspecified atom stereocenters. The van der Waals surface area contributed by atoms with E-state index in [1.54, 1.807) is 6.07 Å². The molecule has 13 heavy (non-hydrogen) atoms. The smallest absolute Gasteiger partial charge is 0.123 e. The second-order valence-corrected chi connectivity index (χ2v) is 3.68. The first kappa shape index (κ1) is 10.5. The summed E-state index contributed by atoms with van der Waals surface area (Å²) in [5.41, 5.74) is 3.59. The standard InChI is InChI=1S/C9H12BrNO2/c1-2-6-3-8(10)4-7(5-11-13)9(6)12/h3-4,11-13H,2,5H2,1H3. The number of hydroxylamine groups is 1. The molecule has 1 aromatic carbocycles. The van der Waals surface area contributed by atoms with Crippen molar-refractivity contribution in [1.29, 1.82) is 0 Å². The van der Waals surface area contributed by atoms with E-state index < -0.39 is 0 Å². The van der Waals surface area contributed by atoms with Crippen molar-refractivity contribution in [3.8, 4) is 5.75 Å². The van der Waals surface area contributed by atoms with Crippen LogP contribution in [0.2, 0.25) is 0 Å². The maximum atomic E-state index is 9.67. The van der Waals surface area contributed by atoms with Crippen molar-refractivity contribution < 1.29 is 10.3 Å². The van der Waals surface area contributed by atoms with Crippen LogP contribution >= 0.6 is 15.9 Å². The number of phenolic OH excluding ortho intramolecular Hbond substituents is 1. The van der Waals surface area contributed by atoms with E-state index in [9.17, 15) is 5.11 Å². The van der Waals surface area contributed by atoms with Crippen LogP contribution in [0.5, 0.6) is 5.75 Å². The van der Waals surface area contributed by atoms with E-state index in [-0.39, 0.29) is 12.3 Å². The fraction of sp³-hybridized carbons (Fsp3) is 0.333. The van der Waals surface area contributed by atoms with Gasteiger partial charge >= 0.3 is 0 Å². The van der Waals surface area contributed by atoms with Crippen LogP contribution in [-0.4, -0.2) is 10.3 Å². The van der Waals surface area contributed by atoms with E-state index in [1.807, 2.05) is 18.5 Å². The van der Waals surface area contributed by atoms with Crippen molar-refractivity contribution >= 4 is 15.9 Å². The van der Waals surface area contributed by atoms with Gasteiger partial charge in [0.05, 0.1) is 0 Å². The van der Waals surface area contributed by atoms with E-state index >= 15 is 0 Å². The Morgan fingerprint density at radius 3 is 2.54 bits per heavy atom. The molecule has 0 amide bonds. The number of hydrogen-bond acceptors (Lipinski definition) is 3. The molecule has 4 heteroatoms. The molecule has 3 N–H and O–H groups in total. The van der Waals surface area contributed by atoms with Gasteiger partial charge in [0.25, 0.3) is 0 Å². The highest BCUT2D eigenvalue weighted by atomic mass is 79.9. The molecule has 0 fully saturated rings. The summed E-state index contributed by atoms with van der Waals surface area (Å²) in [5.74, 6) is 0.257. The van der Waals surface area contributed by atoms with Gasteiger partial charge in [-0.1, -0.05) is 22.9 Å².